The highest BCUT2D eigenvalue weighted by Gasteiger charge is 2.19. The van der Waals surface area contributed by atoms with Crippen LogP contribution in [0.5, 0.6) is 0 Å². The maximum absolute atomic E-state index is 12.3. The lowest BCUT2D eigenvalue weighted by Gasteiger charge is -2.16. The second kappa shape index (κ2) is 9.15. The topological polar surface area (TPSA) is 70.7 Å². The van der Waals surface area contributed by atoms with Gasteiger partial charge in [-0.15, -0.1) is 0 Å². The summed E-state index contributed by atoms with van der Waals surface area (Å²) in [6, 6.07) is 7.32. The molecular formula is C17H25N3O3. The number of anilines is 1. The third-order valence-corrected chi connectivity index (χ3v) is 3.80. The van der Waals surface area contributed by atoms with E-state index in [1.807, 2.05) is 23.1 Å². The van der Waals surface area contributed by atoms with Gasteiger partial charge in [0.05, 0.1) is 6.54 Å². The molecule has 23 heavy (non-hydrogen) atoms. The lowest BCUT2D eigenvalue weighted by molar-refractivity contribution is -0.119. The summed E-state index contributed by atoms with van der Waals surface area (Å²) in [5.74, 6) is -0.00690. The van der Waals surface area contributed by atoms with Gasteiger partial charge in [-0.25, -0.2) is 0 Å². The minimum atomic E-state index is -0.0719. The van der Waals surface area contributed by atoms with Crippen molar-refractivity contribution in [2.24, 2.45) is 0 Å². The fourth-order valence-corrected chi connectivity index (χ4v) is 2.55. The van der Waals surface area contributed by atoms with Gasteiger partial charge in [0.15, 0.2) is 0 Å². The molecule has 2 amide bonds. The summed E-state index contributed by atoms with van der Waals surface area (Å²) in [5, 5.41) is 5.87. The molecule has 0 saturated carbocycles. The Balaban J connectivity index is 1.80. The van der Waals surface area contributed by atoms with Crippen LogP contribution < -0.4 is 10.6 Å². The van der Waals surface area contributed by atoms with Crippen molar-refractivity contribution in [3.8, 4) is 0 Å². The van der Waals surface area contributed by atoms with Gasteiger partial charge in [-0.3, -0.25) is 9.59 Å². The van der Waals surface area contributed by atoms with E-state index in [9.17, 15) is 9.59 Å². The van der Waals surface area contributed by atoms with Gasteiger partial charge in [0.1, 0.15) is 0 Å². The molecule has 2 rings (SSSR count). The molecule has 0 aliphatic carbocycles. The zero-order valence-corrected chi connectivity index (χ0v) is 13.6. The molecule has 126 valence electrons. The number of nitrogens with one attached hydrogen (secondary N) is 2. The van der Waals surface area contributed by atoms with E-state index in [1.165, 1.54) is 0 Å². The Kier molecular flexibility index (Phi) is 6.87. The van der Waals surface area contributed by atoms with Crippen molar-refractivity contribution in [1.82, 2.24) is 10.2 Å². The Bertz CT molecular complexity index is 528. The fourth-order valence-electron chi connectivity index (χ4n) is 2.55. The number of benzene rings is 1. The van der Waals surface area contributed by atoms with Crippen LogP contribution in [0.4, 0.5) is 5.69 Å². The predicted octanol–water partition coefficient (Wildman–Crippen LogP) is 1.49. The standard InChI is InChI=1S/C17H25N3O3/c1-23-11-5-8-18-16(21)13-19-15-7-4-6-14(12-15)17(22)20-9-2-3-10-20/h4,6-7,12,19H,2-3,5,8-11,13H2,1H3,(H,18,21). The van der Waals surface area contributed by atoms with Crippen LogP contribution in [0, 0.1) is 0 Å². The van der Waals surface area contributed by atoms with Gasteiger partial charge < -0.3 is 20.3 Å². The Hall–Kier alpha value is -2.08. The fraction of sp³-hybridized carbons (Fsp3) is 0.529. The molecule has 6 heteroatoms. The van der Waals surface area contributed by atoms with Gasteiger partial charge in [0, 0.05) is 44.6 Å². The summed E-state index contributed by atoms with van der Waals surface area (Å²) in [7, 11) is 1.64. The number of rotatable bonds is 8. The highest BCUT2D eigenvalue weighted by atomic mass is 16.5. The van der Waals surface area contributed by atoms with E-state index in [0.29, 0.717) is 18.7 Å². The Morgan fingerprint density at radius 3 is 2.78 bits per heavy atom. The highest BCUT2D eigenvalue weighted by molar-refractivity contribution is 5.95. The van der Waals surface area contributed by atoms with Crippen LogP contribution in [0.15, 0.2) is 24.3 Å². The third-order valence-electron chi connectivity index (χ3n) is 3.80. The summed E-state index contributed by atoms with van der Waals surface area (Å²) < 4.78 is 4.93. The molecule has 0 aromatic heterocycles. The SMILES string of the molecule is COCCCNC(=O)CNc1cccc(C(=O)N2CCCC2)c1. The maximum Gasteiger partial charge on any atom is 0.253 e. The van der Waals surface area contributed by atoms with Gasteiger partial charge in [0.2, 0.25) is 5.91 Å². The highest BCUT2D eigenvalue weighted by Crippen LogP contribution is 2.16. The molecule has 1 saturated heterocycles. The Morgan fingerprint density at radius 2 is 2.04 bits per heavy atom. The van der Waals surface area contributed by atoms with E-state index in [1.54, 1.807) is 13.2 Å². The molecule has 0 radical (unpaired) electrons. The summed E-state index contributed by atoms with van der Waals surface area (Å²) in [4.78, 5) is 25.9. The van der Waals surface area contributed by atoms with E-state index in [-0.39, 0.29) is 18.4 Å². The van der Waals surface area contributed by atoms with Crippen LogP contribution in [-0.2, 0) is 9.53 Å². The molecule has 1 aliphatic heterocycles. The Morgan fingerprint density at radius 1 is 1.26 bits per heavy atom. The summed E-state index contributed by atoms with van der Waals surface area (Å²) in [5.41, 5.74) is 1.44. The number of hydrogen-bond acceptors (Lipinski definition) is 4. The average Bonchev–Trinajstić information content (AvgIpc) is 3.11. The van der Waals surface area contributed by atoms with E-state index in [2.05, 4.69) is 10.6 Å². The smallest absolute Gasteiger partial charge is 0.253 e. The largest absolute Gasteiger partial charge is 0.385 e. The van der Waals surface area contributed by atoms with E-state index >= 15 is 0 Å². The second-order valence-electron chi connectivity index (χ2n) is 5.63. The molecule has 1 aliphatic rings. The monoisotopic (exact) mass is 319 g/mol. The number of carbonyl (C=O) groups excluding carboxylic acids is 2. The van der Waals surface area contributed by atoms with E-state index < -0.39 is 0 Å². The van der Waals surface area contributed by atoms with Gasteiger partial charge in [-0.1, -0.05) is 6.07 Å². The third kappa shape index (κ3) is 5.56. The molecule has 2 N–H and O–H groups in total. The number of ether oxygens (including phenoxy) is 1. The minimum Gasteiger partial charge on any atom is -0.385 e. The van der Waals surface area contributed by atoms with Crippen molar-refractivity contribution in [2.75, 3.05) is 45.2 Å². The first-order valence-corrected chi connectivity index (χ1v) is 8.09. The molecule has 1 aromatic rings. The lowest BCUT2D eigenvalue weighted by atomic mass is 10.1. The predicted molar refractivity (Wildman–Crippen MR) is 89.6 cm³/mol. The molecule has 1 heterocycles. The van der Waals surface area contributed by atoms with Crippen LogP contribution in [0.1, 0.15) is 29.6 Å². The van der Waals surface area contributed by atoms with Gasteiger partial charge in [-0.2, -0.15) is 0 Å². The zero-order valence-electron chi connectivity index (χ0n) is 13.6. The summed E-state index contributed by atoms with van der Waals surface area (Å²) >= 11 is 0. The van der Waals surface area contributed by atoms with E-state index in [0.717, 1.165) is 38.0 Å². The molecular weight excluding hydrogens is 294 g/mol. The van der Waals surface area contributed by atoms with Gasteiger partial charge in [-0.05, 0) is 37.5 Å². The quantitative estimate of drug-likeness (QED) is 0.712. The number of likely N-dealkylation sites (tertiary alicyclic amines) is 1. The van der Waals surface area contributed by atoms with Crippen LogP contribution in [-0.4, -0.2) is 56.6 Å². The first-order valence-electron chi connectivity index (χ1n) is 8.09. The van der Waals surface area contributed by atoms with E-state index in [4.69, 9.17) is 4.74 Å². The van der Waals surface area contributed by atoms with Crippen molar-refractivity contribution >= 4 is 17.5 Å². The number of carbonyl (C=O) groups is 2. The molecule has 0 bridgehead atoms. The molecule has 0 atom stereocenters. The number of methoxy groups -OCH3 is 1. The van der Waals surface area contributed by atoms with Crippen LogP contribution >= 0.6 is 0 Å². The first-order chi connectivity index (χ1) is 11.2. The number of nitrogens with zero attached hydrogens (tertiary/aromatic N) is 1. The van der Waals surface area contributed by atoms with Crippen molar-refractivity contribution < 1.29 is 14.3 Å². The normalized spacial score (nSPS) is 13.9. The molecule has 0 unspecified atom stereocenters. The van der Waals surface area contributed by atoms with Crippen molar-refractivity contribution in [3.05, 3.63) is 29.8 Å². The maximum atomic E-state index is 12.3. The van der Waals surface area contributed by atoms with Crippen LogP contribution in [0.25, 0.3) is 0 Å². The summed E-state index contributed by atoms with van der Waals surface area (Å²) in [6.07, 6.45) is 2.95. The van der Waals surface area contributed by atoms with Crippen molar-refractivity contribution in [3.63, 3.8) is 0 Å². The Labute approximate surface area is 137 Å². The second-order valence-corrected chi connectivity index (χ2v) is 5.63. The number of hydrogen-bond donors (Lipinski definition) is 2. The summed E-state index contributed by atoms with van der Waals surface area (Å²) in [6.45, 7) is 3.09. The lowest BCUT2D eigenvalue weighted by Crippen LogP contribution is -2.31. The minimum absolute atomic E-state index is 0.0650. The van der Waals surface area contributed by atoms with Crippen molar-refractivity contribution in [2.45, 2.75) is 19.3 Å². The zero-order chi connectivity index (χ0) is 16.5. The molecule has 1 fully saturated rings. The van der Waals surface area contributed by atoms with Gasteiger partial charge in [0.25, 0.3) is 5.91 Å². The van der Waals surface area contributed by atoms with Crippen LogP contribution in [0.3, 0.4) is 0 Å². The number of amides is 2. The molecule has 0 spiro atoms. The van der Waals surface area contributed by atoms with Crippen molar-refractivity contribution in [1.29, 1.82) is 0 Å². The van der Waals surface area contributed by atoms with Gasteiger partial charge >= 0.3 is 0 Å². The molecule has 6 nitrogen and oxygen atoms in total. The molecule has 1 aromatic carbocycles. The average molecular weight is 319 g/mol. The first kappa shape index (κ1) is 17.3. The van der Waals surface area contributed by atoms with Crippen LogP contribution in [0.2, 0.25) is 0 Å².